The maximum atomic E-state index is 12.5. The predicted octanol–water partition coefficient (Wildman–Crippen LogP) is 3.62. The predicted molar refractivity (Wildman–Crippen MR) is 123 cm³/mol. The van der Waals surface area contributed by atoms with Crippen molar-refractivity contribution in [1.29, 1.82) is 0 Å². The van der Waals surface area contributed by atoms with Crippen LogP contribution in [0.4, 0.5) is 16.3 Å². The Bertz CT molecular complexity index is 828. The Morgan fingerprint density at radius 3 is 2.48 bits per heavy atom. The first kappa shape index (κ1) is 21.6. The Kier molecular flexibility index (Phi) is 7.74. The van der Waals surface area contributed by atoms with Crippen LogP contribution in [0.2, 0.25) is 0 Å². The molecule has 7 nitrogen and oxygen atoms in total. The van der Waals surface area contributed by atoms with Crippen molar-refractivity contribution >= 4 is 17.5 Å². The minimum atomic E-state index is -0.203. The van der Waals surface area contributed by atoms with E-state index in [1.165, 1.54) is 25.7 Å². The van der Waals surface area contributed by atoms with Crippen LogP contribution in [0, 0.1) is 0 Å². The number of carbonyl (C=O) groups is 1. The van der Waals surface area contributed by atoms with Crippen LogP contribution < -0.4 is 15.5 Å². The second-order valence-corrected chi connectivity index (χ2v) is 8.28. The third-order valence-electron chi connectivity index (χ3n) is 5.96. The molecule has 2 saturated heterocycles. The van der Waals surface area contributed by atoms with Crippen LogP contribution in [0.5, 0.6) is 0 Å². The number of pyridine rings is 1. The minimum Gasteiger partial charge on any atom is -0.379 e. The Balaban J connectivity index is 1.28. The van der Waals surface area contributed by atoms with Gasteiger partial charge in [0.1, 0.15) is 5.82 Å². The summed E-state index contributed by atoms with van der Waals surface area (Å²) in [7, 11) is 0. The van der Waals surface area contributed by atoms with Crippen molar-refractivity contribution < 1.29 is 9.53 Å². The SMILES string of the molecule is O=C(NCc1ccc(N2CCCCCC2)nc1)Nc1ccccc1CN1CCOCC1. The van der Waals surface area contributed by atoms with E-state index in [1.807, 2.05) is 24.4 Å². The number of amides is 2. The molecule has 0 unspecified atom stereocenters. The minimum absolute atomic E-state index is 0.203. The van der Waals surface area contributed by atoms with Crippen LogP contribution in [-0.2, 0) is 17.8 Å². The molecule has 2 aliphatic rings. The normalized spacial score (nSPS) is 17.7. The van der Waals surface area contributed by atoms with Crippen molar-refractivity contribution in [2.45, 2.75) is 38.8 Å². The summed E-state index contributed by atoms with van der Waals surface area (Å²) in [5.41, 5.74) is 2.96. The van der Waals surface area contributed by atoms with E-state index in [2.05, 4.69) is 43.6 Å². The van der Waals surface area contributed by atoms with E-state index in [-0.39, 0.29) is 6.03 Å². The maximum absolute atomic E-state index is 12.5. The molecule has 0 saturated carbocycles. The molecular formula is C24H33N5O2. The molecule has 2 amide bonds. The van der Waals surface area contributed by atoms with Crippen LogP contribution in [0.15, 0.2) is 42.6 Å². The smallest absolute Gasteiger partial charge is 0.319 e. The van der Waals surface area contributed by atoms with Gasteiger partial charge in [-0.3, -0.25) is 4.90 Å². The van der Waals surface area contributed by atoms with Gasteiger partial charge in [-0.15, -0.1) is 0 Å². The largest absolute Gasteiger partial charge is 0.379 e. The first-order valence-corrected chi connectivity index (χ1v) is 11.4. The van der Waals surface area contributed by atoms with Crippen molar-refractivity contribution in [3.8, 4) is 0 Å². The number of nitrogens with one attached hydrogen (secondary N) is 2. The topological polar surface area (TPSA) is 69.7 Å². The van der Waals surface area contributed by atoms with Crippen molar-refractivity contribution in [2.75, 3.05) is 49.6 Å². The molecule has 0 spiro atoms. The van der Waals surface area contributed by atoms with Gasteiger partial charge in [0.05, 0.1) is 13.2 Å². The fourth-order valence-corrected chi connectivity index (χ4v) is 4.14. The lowest BCUT2D eigenvalue weighted by molar-refractivity contribution is 0.0343. The number of benzene rings is 1. The fraction of sp³-hybridized carbons (Fsp3) is 0.500. The third kappa shape index (κ3) is 6.42. The molecule has 0 bridgehead atoms. The average Bonchev–Trinajstić information content (AvgIpc) is 3.10. The molecule has 1 aromatic carbocycles. The van der Waals surface area contributed by atoms with Crippen molar-refractivity contribution in [3.63, 3.8) is 0 Å². The Morgan fingerprint density at radius 1 is 0.968 bits per heavy atom. The van der Waals surface area contributed by atoms with Crippen LogP contribution in [0.3, 0.4) is 0 Å². The molecule has 2 N–H and O–H groups in total. The van der Waals surface area contributed by atoms with Crippen molar-refractivity contribution in [3.05, 3.63) is 53.7 Å². The number of urea groups is 1. The van der Waals surface area contributed by atoms with Gasteiger partial charge in [0, 0.05) is 51.2 Å². The van der Waals surface area contributed by atoms with Gasteiger partial charge >= 0.3 is 6.03 Å². The van der Waals surface area contributed by atoms with Gasteiger partial charge in [-0.2, -0.15) is 0 Å². The number of morpholine rings is 1. The van der Waals surface area contributed by atoms with Crippen molar-refractivity contribution in [2.24, 2.45) is 0 Å². The summed E-state index contributed by atoms with van der Waals surface area (Å²) in [6, 6.07) is 11.9. The van der Waals surface area contributed by atoms with Gasteiger partial charge in [-0.05, 0) is 36.1 Å². The summed E-state index contributed by atoms with van der Waals surface area (Å²) in [4.78, 5) is 21.8. The van der Waals surface area contributed by atoms with Gasteiger partial charge in [-0.25, -0.2) is 9.78 Å². The Hall–Kier alpha value is -2.64. The summed E-state index contributed by atoms with van der Waals surface area (Å²) < 4.78 is 5.42. The number of rotatable bonds is 6. The van der Waals surface area contributed by atoms with Gasteiger partial charge in [0.25, 0.3) is 0 Å². The zero-order valence-corrected chi connectivity index (χ0v) is 18.2. The van der Waals surface area contributed by atoms with E-state index in [0.29, 0.717) is 6.54 Å². The summed E-state index contributed by atoms with van der Waals surface area (Å²) in [5.74, 6) is 1.03. The van der Waals surface area contributed by atoms with E-state index in [4.69, 9.17) is 4.74 Å². The van der Waals surface area contributed by atoms with Crippen LogP contribution in [0.25, 0.3) is 0 Å². The molecule has 0 aliphatic carbocycles. The molecule has 166 valence electrons. The summed E-state index contributed by atoms with van der Waals surface area (Å²) in [5, 5.41) is 5.95. The van der Waals surface area contributed by atoms with Gasteiger partial charge in [0.2, 0.25) is 0 Å². The highest BCUT2D eigenvalue weighted by molar-refractivity contribution is 5.90. The first-order valence-electron chi connectivity index (χ1n) is 11.4. The van der Waals surface area contributed by atoms with E-state index in [1.54, 1.807) is 0 Å². The standard InChI is InChI=1S/C24H33N5O2/c30-24(27-22-8-4-3-7-21(22)19-28-13-15-31-16-14-28)26-18-20-9-10-23(25-17-20)29-11-5-1-2-6-12-29/h3-4,7-10,17H,1-2,5-6,11-16,18-19H2,(H2,26,27,30). The molecule has 7 heteroatoms. The highest BCUT2D eigenvalue weighted by Crippen LogP contribution is 2.19. The molecule has 2 aromatic rings. The summed E-state index contributed by atoms with van der Waals surface area (Å²) in [6.45, 7) is 6.78. The molecule has 0 radical (unpaired) electrons. The Morgan fingerprint density at radius 2 is 1.74 bits per heavy atom. The molecule has 2 aliphatic heterocycles. The van der Waals surface area contributed by atoms with Gasteiger partial charge in [0.15, 0.2) is 0 Å². The molecule has 0 atom stereocenters. The first-order chi connectivity index (χ1) is 15.3. The fourth-order valence-electron chi connectivity index (χ4n) is 4.14. The number of aromatic nitrogens is 1. The van der Waals surface area contributed by atoms with Gasteiger partial charge in [-0.1, -0.05) is 37.1 Å². The quantitative estimate of drug-likeness (QED) is 0.743. The zero-order valence-electron chi connectivity index (χ0n) is 18.2. The number of ether oxygens (including phenoxy) is 1. The lowest BCUT2D eigenvalue weighted by atomic mass is 10.1. The molecule has 2 fully saturated rings. The number of hydrogen-bond acceptors (Lipinski definition) is 5. The van der Waals surface area contributed by atoms with Crippen LogP contribution in [0.1, 0.15) is 36.8 Å². The van der Waals surface area contributed by atoms with Crippen LogP contribution >= 0.6 is 0 Å². The van der Waals surface area contributed by atoms with Gasteiger partial charge < -0.3 is 20.3 Å². The Labute approximate surface area is 184 Å². The molecule has 1 aromatic heterocycles. The highest BCUT2D eigenvalue weighted by atomic mass is 16.5. The lowest BCUT2D eigenvalue weighted by Gasteiger charge is -2.27. The van der Waals surface area contributed by atoms with E-state index < -0.39 is 0 Å². The second kappa shape index (κ2) is 11.1. The zero-order chi connectivity index (χ0) is 21.3. The number of anilines is 2. The lowest BCUT2D eigenvalue weighted by Crippen LogP contribution is -2.36. The molecular weight excluding hydrogens is 390 g/mol. The molecule has 3 heterocycles. The van der Waals surface area contributed by atoms with Crippen LogP contribution in [-0.4, -0.2) is 55.3 Å². The molecule has 31 heavy (non-hydrogen) atoms. The van der Waals surface area contributed by atoms with E-state index in [0.717, 1.165) is 68.6 Å². The van der Waals surface area contributed by atoms with Crippen molar-refractivity contribution in [1.82, 2.24) is 15.2 Å². The summed E-state index contributed by atoms with van der Waals surface area (Å²) >= 11 is 0. The monoisotopic (exact) mass is 423 g/mol. The number of para-hydroxylation sites is 1. The average molecular weight is 424 g/mol. The highest BCUT2D eigenvalue weighted by Gasteiger charge is 2.14. The second-order valence-electron chi connectivity index (χ2n) is 8.28. The number of hydrogen-bond donors (Lipinski definition) is 2. The van der Waals surface area contributed by atoms with E-state index in [9.17, 15) is 4.79 Å². The molecule has 4 rings (SSSR count). The third-order valence-corrected chi connectivity index (χ3v) is 5.96. The summed E-state index contributed by atoms with van der Waals surface area (Å²) in [6.07, 6.45) is 6.95. The maximum Gasteiger partial charge on any atom is 0.319 e. The number of carbonyl (C=O) groups excluding carboxylic acids is 1. The van der Waals surface area contributed by atoms with E-state index >= 15 is 0 Å². The number of nitrogens with zero attached hydrogens (tertiary/aromatic N) is 3.